The fourth-order valence-corrected chi connectivity index (χ4v) is 68.1. The zero-order valence-electron chi connectivity index (χ0n) is 41.7. The van der Waals surface area contributed by atoms with Gasteiger partial charge in [0.25, 0.3) is 0 Å². The first-order valence-corrected chi connectivity index (χ1v) is 57.8. The molecule has 6 N–H and O–H groups in total. The van der Waals surface area contributed by atoms with Gasteiger partial charge >= 0.3 is 522 Å². The number of carbonyl (C=O) groups is 2. The Morgan fingerprint density at radius 2 is 1.62 bits per heavy atom. The minimum atomic E-state index is -1.65. The van der Waals surface area contributed by atoms with Crippen molar-refractivity contribution < 1.29 is 102 Å². The molecule has 15 aliphatic carbocycles. The molecule has 0 amide bonds. The van der Waals surface area contributed by atoms with Crippen LogP contribution in [0.15, 0.2) is 0 Å². The van der Waals surface area contributed by atoms with Gasteiger partial charge in [-0.2, -0.15) is 0 Å². The van der Waals surface area contributed by atoms with Gasteiger partial charge in [-0.1, -0.05) is 0 Å². The number of carbonyl (C=O) groups excluding carboxylic acids is 1. The number of halogens is 6. The van der Waals surface area contributed by atoms with Gasteiger partial charge in [0, 0.05) is 0 Å². The summed E-state index contributed by atoms with van der Waals surface area (Å²) in [7, 11) is 9.14. The van der Waals surface area contributed by atoms with Crippen LogP contribution in [0.5, 0.6) is 0 Å². The summed E-state index contributed by atoms with van der Waals surface area (Å²) in [4.78, 5) is 33.3. The number of rotatable bonds is 8. The molecule has 7 nitrogen and oxygen atoms in total. The third-order valence-corrected chi connectivity index (χ3v) is 60.9. The molecule has 2 heterocycles. The van der Waals surface area contributed by atoms with Gasteiger partial charge in [-0.25, -0.2) is 0 Å². The number of fused-ring (bicyclic) bond motifs is 11. The number of aliphatic carboxylic acids is 1. The van der Waals surface area contributed by atoms with Gasteiger partial charge < -0.3 is 0 Å². The summed E-state index contributed by atoms with van der Waals surface area (Å²) in [6, 6.07) is 0.547. The third kappa shape index (κ3) is 5.83. The van der Waals surface area contributed by atoms with Gasteiger partial charge in [-0.15, -0.1) is 0 Å². The molecule has 2 aliphatic heterocycles. The summed E-state index contributed by atoms with van der Waals surface area (Å²) >= 11 is 11.7. The van der Waals surface area contributed by atoms with Crippen molar-refractivity contribution in [1.82, 2.24) is 0 Å². The number of hydrogen-bond acceptors (Lipinski definition) is 11. The van der Waals surface area contributed by atoms with Crippen molar-refractivity contribution in [2.45, 2.75) is 129 Å². The van der Waals surface area contributed by atoms with E-state index in [0.29, 0.717) is 102 Å². The van der Waals surface area contributed by atoms with Crippen LogP contribution in [0.25, 0.3) is 0 Å². The van der Waals surface area contributed by atoms with Crippen molar-refractivity contribution in [2.75, 3.05) is 18.1 Å². The monoisotopic (exact) mass is 1770 g/mol. The van der Waals surface area contributed by atoms with E-state index in [-0.39, 0.29) is 29.2 Å². The van der Waals surface area contributed by atoms with Gasteiger partial charge in [-0.3, -0.25) is 0 Å². The van der Waals surface area contributed by atoms with E-state index < -0.39 is 17.8 Å². The summed E-state index contributed by atoms with van der Waals surface area (Å²) in [5.74, 6) is 20.1. The molecule has 17 aliphatic rings. The van der Waals surface area contributed by atoms with Gasteiger partial charge in [-0.05, 0) is 0 Å². The number of thioether (sulfide) groups is 1. The Labute approximate surface area is 513 Å². The van der Waals surface area contributed by atoms with Gasteiger partial charge in [0.2, 0.25) is 0 Å². The molecule has 8 bridgehead atoms. The molecule has 36 atom stereocenters. The van der Waals surface area contributed by atoms with Crippen LogP contribution in [-0.4, -0.2) is 77.7 Å². The van der Waals surface area contributed by atoms with Crippen molar-refractivity contribution in [3.63, 3.8) is 0 Å². The fourth-order valence-electron chi connectivity index (χ4n) is 27.8. The summed E-state index contributed by atoms with van der Waals surface area (Å²) in [6.45, 7) is 5.67. The number of alkyl halides is 3. The Balaban J connectivity index is 0.844. The van der Waals surface area contributed by atoms with Crippen molar-refractivity contribution in [3.8, 4) is 0 Å². The second-order valence-electron chi connectivity index (χ2n) is 28.9. The molecule has 0 aromatic carbocycles. The number of hydrogen-bond donors (Lipinski definition) is 4. The normalized spacial score (nSPS) is 67.2. The molecule has 2 saturated heterocycles. The number of carboxylic acid groups (broad SMARTS) is 1. The molecule has 17 fully saturated rings. The summed E-state index contributed by atoms with van der Waals surface area (Å²) in [5, 5.41) is 22.9. The Kier molecular flexibility index (Phi) is 12.7. The van der Waals surface area contributed by atoms with Gasteiger partial charge in [0.15, 0.2) is 0 Å². The van der Waals surface area contributed by atoms with Crippen LogP contribution in [0.4, 0.5) is 0 Å². The Bertz CT molecular complexity index is 2430. The Hall–Kier alpha value is 5.11. The zero-order valence-corrected chi connectivity index (χ0v) is 59.2. The number of carboxylic acids is 1. The Morgan fingerprint density at radius 3 is 2.37 bits per heavy atom. The first-order valence-electron chi connectivity index (χ1n) is 29.0. The topological polar surface area (TPSA) is 136 Å². The maximum absolute atomic E-state index is 15.2. The SMILES string of the molecule is CC1CC(N)CC(SSC2C3CSSCCC4CC(C(=O)O)CCC5C4C4C6CC([I-][IH+])(C54)C4([IH+])C5C6C6C7C8C9CC7%10C(C7C(=O)SC7C9C(I(I)[IH+])(C(C)C7C9CC(N)CC9C27)C38)C4C65%10)CC(COO)C1. The van der Waals surface area contributed by atoms with E-state index in [1.54, 1.807) is 0 Å². The van der Waals surface area contributed by atoms with Crippen LogP contribution in [0.3, 0.4) is 0 Å². The van der Waals surface area contributed by atoms with Crippen LogP contribution in [-0.2, 0) is 14.5 Å². The molecular formula is C55H76I6N2O5S5+2. The average Bonchev–Trinajstić information content (AvgIpc) is 3.98. The van der Waals surface area contributed by atoms with Crippen LogP contribution >= 0.6 is 85.4 Å². The predicted molar refractivity (Wildman–Crippen MR) is 299 cm³/mol. The van der Waals surface area contributed by atoms with E-state index in [1.165, 1.54) is 50.0 Å². The standard InChI is InChI=1S/C55H74I6N2O5S5/c1-18-7-20(16-68-67)9-25(11-23(62)8-18)72-73-45-31-17-70-69-6-5-21-10-22(49(64)65)3-4-26-33(21)34-29-15-52(60-57,39(26)34)55(56)47-37(29)43-42-36-30-14-51(42)44(48(55)53(43,47)51)38-46(71-50(38)66)41(30)54(40(31)36,61(58)59)19(2)32-27-12-24(63)13-28(27)35(32)45/h18-48,56-58H,3-17,62-63H2,1-2H3/p+2. The predicted octanol–water partition coefficient (Wildman–Crippen LogP) is -1.86. The second kappa shape index (κ2) is 17.6. The molecule has 18 heteroatoms. The molecule has 17 rings (SSSR count). The molecule has 2 spiro atoms. The van der Waals surface area contributed by atoms with Crippen molar-refractivity contribution in [2.24, 2.45) is 176 Å². The van der Waals surface area contributed by atoms with Crippen LogP contribution < -0.4 is 88.5 Å². The van der Waals surface area contributed by atoms with Crippen LogP contribution in [0, 0.1) is 165 Å². The van der Waals surface area contributed by atoms with Crippen LogP contribution in [0.1, 0.15) is 90.9 Å². The van der Waals surface area contributed by atoms with Gasteiger partial charge in [0.05, 0.1) is 0 Å². The molecular weight excluding hydrogens is 1690 g/mol. The Morgan fingerprint density at radius 1 is 0.822 bits per heavy atom. The first kappa shape index (κ1) is 52.4. The molecule has 0 aromatic rings. The van der Waals surface area contributed by atoms with E-state index in [2.05, 4.69) is 135 Å². The third-order valence-electron chi connectivity index (χ3n) is 28.1. The first-order chi connectivity index (χ1) is 35.2. The van der Waals surface area contributed by atoms with Crippen molar-refractivity contribution in [1.29, 1.82) is 0 Å². The molecule has 406 valence electrons. The molecule has 0 radical (unpaired) electrons. The average molecular weight is 1770 g/mol. The minimum absolute atomic E-state index is 0.0158. The van der Waals surface area contributed by atoms with E-state index in [9.17, 15) is 15.2 Å². The quantitative estimate of drug-likeness (QED) is 0.0715. The van der Waals surface area contributed by atoms with E-state index in [1.807, 2.05) is 11.8 Å². The van der Waals surface area contributed by atoms with Crippen molar-refractivity contribution >= 4 is 96.5 Å². The van der Waals surface area contributed by atoms with Crippen molar-refractivity contribution in [3.05, 3.63) is 0 Å². The van der Waals surface area contributed by atoms with E-state index in [0.717, 1.165) is 139 Å². The van der Waals surface area contributed by atoms with Gasteiger partial charge in [0.1, 0.15) is 0 Å². The maximum atomic E-state index is 15.2. The number of nitrogens with two attached hydrogens (primary N) is 2. The fraction of sp³-hybridized carbons (Fsp3) is 0.964. The summed E-state index contributed by atoms with van der Waals surface area (Å²) < 4.78 is 1.27. The summed E-state index contributed by atoms with van der Waals surface area (Å²) in [5.41, 5.74) is 15.3. The molecule has 73 heavy (non-hydrogen) atoms. The molecule has 36 unspecified atom stereocenters. The molecule has 0 aromatic heterocycles. The second-order valence-corrected chi connectivity index (χ2v) is 68.7. The summed E-state index contributed by atoms with van der Waals surface area (Å²) in [6.07, 6.45) is 14.0. The zero-order chi connectivity index (χ0) is 49.7. The van der Waals surface area contributed by atoms with E-state index >= 15 is 4.79 Å². The van der Waals surface area contributed by atoms with Crippen LogP contribution in [0.2, 0.25) is 0 Å². The van der Waals surface area contributed by atoms with E-state index in [4.69, 9.17) is 16.4 Å². The molecule has 15 saturated carbocycles.